The molecule has 1 N–H and O–H groups in total. The van der Waals surface area contributed by atoms with Gasteiger partial charge in [-0.05, 0) is 73.4 Å². The minimum absolute atomic E-state index is 0.238. The predicted molar refractivity (Wildman–Crippen MR) is 144 cm³/mol. The van der Waals surface area contributed by atoms with Gasteiger partial charge in [0, 0.05) is 33.0 Å². The van der Waals surface area contributed by atoms with Crippen molar-refractivity contribution < 1.29 is 24.3 Å². The molecule has 0 saturated carbocycles. The van der Waals surface area contributed by atoms with Crippen LogP contribution in [0.2, 0.25) is 0 Å². The summed E-state index contributed by atoms with van der Waals surface area (Å²) in [5.74, 6) is -2.07. The average molecular weight is 505 g/mol. The molecule has 0 aliphatic carbocycles. The molecule has 38 heavy (non-hydrogen) atoms. The maximum atomic E-state index is 13.8. The number of aliphatic hydroxyl groups excluding tert-OH is 1. The first kappa shape index (κ1) is 23.8. The molecule has 7 heteroatoms. The molecule has 7 nitrogen and oxygen atoms in total. The minimum Gasteiger partial charge on any atom is -0.389 e. The number of aliphatic hydroxyl groups is 1. The smallest absolute Gasteiger partial charge is 0.266 e. The van der Waals surface area contributed by atoms with E-state index in [0.717, 1.165) is 16.0 Å². The molecular formula is C31H24N2O5. The van der Waals surface area contributed by atoms with Crippen LogP contribution < -0.4 is 9.80 Å². The number of para-hydroxylation sites is 1. The zero-order valence-corrected chi connectivity index (χ0v) is 21.1. The van der Waals surface area contributed by atoms with Crippen LogP contribution in [-0.2, 0) is 6.42 Å². The summed E-state index contributed by atoms with van der Waals surface area (Å²) < 4.78 is 0. The van der Waals surface area contributed by atoms with E-state index in [1.165, 1.54) is 4.90 Å². The molecule has 1 unspecified atom stereocenters. The van der Waals surface area contributed by atoms with E-state index in [4.69, 9.17) is 0 Å². The van der Waals surface area contributed by atoms with E-state index in [9.17, 15) is 24.3 Å². The van der Waals surface area contributed by atoms with Crippen LogP contribution in [0.15, 0.2) is 66.7 Å². The molecule has 1 atom stereocenters. The summed E-state index contributed by atoms with van der Waals surface area (Å²) >= 11 is 0. The van der Waals surface area contributed by atoms with Crippen molar-refractivity contribution in [3.8, 4) is 0 Å². The van der Waals surface area contributed by atoms with Crippen molar-refractivity contribution in [2.24, 2.45) is 0 Å². The molecule has 4 aromatic rings. The summed E-state index contributed by atoms with van der Waals surface area (Å²) in [7, 11) is 0. The van der Waals surface area contributed by atoms with Gasteiger partial charge >= 0.3 is 0 Å². The summed E-state index contributed by atoms with van der Waals surface area (Å²) in [6.45, 7) is 5.44. The van der Waals surface area contributed by atoms with Gasteiger partial charge < -0.3 is 5.11 Å². The lowest BCUT2D eigenvalue weighted by molar-refractivity contribution is 0.0872. The second-order valence-electron chi connectivity index (χ2n) is 9.67. The first-order chi connectivity index (χ1) is 18.2. The lowest BCUT2D eigenvalue weighted by atomic mass is 9.85. The van der Waals surface area contributed by atoms with Gasteiger partial charge in [-0.25, -0.2) is 9.80 Å². The summed E-state index contributed by atoms with van der Waals surface area (Å²) in [6.07, 6.45) is -0.131. The fourth-order valence-electron chi connectivity index (χ4n) is 5.56. The highest BCUT2D eigenvalue weighted by Gasteiger charge is 2.41. The van der Waals surface area contributed by atoms with Crippen molar-refractivity contribution in [2.75, 3.05) is 9.80 Å². The van der Waals surface area contributed by atoms with Crippen LogP contribution >= 0.6 is 0 Å². The Morgan fingerprint density at radius 1 is 0.711 bits per heavy atom. The van der Waals surface area contributed by atoms with E-state index in [0.29, 0.717) is 34.1 Å². The van der Waals surface area contributed by atoms with Crippen molar-refractivity contribution in [1.29, 1.82) is 0 Å². The molecule has 0 fully saturated rings. The number of amides is 4. The fourth-order valence-corrected chi connectivity index (χ4v) is 5.56. The van der Waals surface area contributed by atoms with Gasteiger partial charge in [0.1, 0.15) is 0 Å². The van der Waals surface area contributed by atoms with Gasteiger partial charge in [-0.3, -0.25) is 19.2 Å². The van der Waals surface area contributed by atoms with E-state index >= 15 is 0 Å². The molecule has 4 amide bonds. The minimum atomic E-state index is -0.773. The molecule has 2 aliphatic rings. The Balaban J connectivity index is 1.54. The third-order valence-corrected chi connectivity index (χ3v) is 7.43. The fraction of sp³-hybridized carbons (Fsp3) is 0.161. The summed E-state index contributed by atoms with van der Waals surface area (Å²) in [6, 6.07) is 18.5. The number of carbonyl (C=O) groups is 4. The van der Waals surface area contributed by atoms with Gasteiger partial charge in [0.25, 0.3) is 23.6 Å². The lowest BCUT2D eigenvalue weighted by Crippen LogP contribution is -2.44. The first-order valence-corrected chi connectivity index (χ1v) is 12.5. The van der Waals surface area contributed by atoms with Crippen LogP contribution in [-0.4, -0.2) is 28.7 Å². The zero-order chi connectivity index (χ0) is 26.9. The largest absolute Gasteiger partial charge is 0.389 e. The first-order valence-electron chi connectivity index (χ1n) is 12.5. The van der Waals surface area contributed by atoms with Crippen LogP contribution in [0.1, 0.15) is 78.1 Å². The molecule has 2 heterocycles. The van der Waals surface area contributed by atoms with Gasteiger partial charge in [-0.1, -0.05) is 37.3 Å². The third kappa shape index (κ3) is 3.18. The molecule has 188 valence electrons. The van der Waals surface area contributed by atoms with Crippen LogP contribution in [0, 0.1) is 6.92 Å². The Kier molecular flexibility index (Phi) is 5.29. The van der Waals surface area contributed by atoms with Gasteiger partial charge in [0.2, 0.25) is 0 Å². The van der Waals surface area contributed by atoms with Crippen molar-refractivity contribution in [1.82, 2.24) is 0 Å². The van der Waals surface area contributed by atoms with Crippen molar-refractivity contribution in [2.45, 2.75) is 33.3 Å². The molecule has 4 aromatic carbocycles. The zero-order valence-electron chi connectivity index (χ0n) is 21.1. The molecule has 6 rings (SSSR count). The summed E-state index contributed by atoms with van der Waals surface area (Å²) in [5.41, 5.74) is 4.18. The number of benzene rings is 4. The maximum absolute atomic E-state index is 13.8. The van der Waals surface area contributed by atoms with E-state index in [-0.39, 0.29) is 22.3 Å². The van der Waals surface area contributed by atoms with Gasteiger partial charge in [0.05, 0.1) is 17.5 Å². The van der Waals surface area contributed by atoms with Crippen molar-refractivity contribution in [3.05, 3.63) is 106 Å². The number of aryl methyl sites for hydroxylation is 2. The van der Waals surface area contributed by atoms with Crippen LogP contribution in [0.3, 0.4) is 0 Å². The second-order valence-corrected chi connectivity index (χ2v) is 9.67. The van der Waals surface area contributed by atoms with E-state index in [2.05, 4.69) is 0 Å². The average Bonchev–Trinajstić information content (AvgIpc) is 2.91. The highest BCUT2D eigenvalue weighted by Crippen LogP contribution is 2.41. The van der Waals surface area contributed by atoms with Gasteiger partial charge in [0.15, 0.2) is 0 Å². The third-order valence-electron chi connectivity index (χ3n) is 7.43. The standard InChI is InChI=1S/C31H24N2O5/c1-4-18-8-5-7-16(2)27(18)33-30(37)23-13-11-21-25-22(12-14-24(26(23)25)31(33)38)29(36)32(28(21)35)20-10-6-9-19(15-20)17(3)34/h5-15,17,34H,4H2,1-3H3. The quantitative estimate of drug-likeness (QED) is 0.377. The van der Waals surface area contributed by atoms with Crippen molar-refractivity contribution in [3.63, 3.8) is 0 Å². The molecule has 0 radical (unpaired) electrons. The molecule has 2 aliphatic heterocycles. The number of nitrogens with zero attached hydrogens (tertiary/aromatic N) is 2. The van der Waals surface area contributed by atoms with E-state index < -0.39 is 29.7 Å². The molecular weight excluding hydrogens is 480 g/mol. The Hall–Kier alpha value is -4.62. The number of carbonyl (C=O) groups excluding carboxylic acids is 4. The SMILES string of the molecule is CCc1cccc(C)c1N1C(=O)c2ccc3c4c(ccc(c24)C1=O)C(=O)N(c1cccc(C(C)O)c1)C3=O. The summed E-state index contributed by atoms with van der Waals surface area (Å²) in [5, 5.41) is 10.7. The Labute approximate surface area is 218 Å². The highest BCUT2D eigenvalue weighted by atomic mass is 16.3. The van der Waals surface area contributed by atoms with Crippen LogP contribution in [0.4, 0.5) is 11.4 Å². The molecule has 0 bridgehead atoms. The normalized spacial score (nSPS) is 15.5. The molecule has 0 aromatic heterocycles. The van der Waals surface area contributed by atoms with E-state index in [1.54, 1.807) is 55.5 Å². The maximum Gasteiger partial charge on any atom is 0.266 e. The van der Waals surface area contributed by atoms with E-state index in [1.807, 2.05) is 32.0 Å². The summed E-state index contributed by atoms with van der Waals surface area (Å²) in [4.78, 5) is 57.2. The molecule has 0 saturated heterocycles. The number of hydrogen-bond acceptors (Lipinski definition) is 5. The lowest BCUT2D eigenvalue weighted by Gasteiger charge is -2.33. The Morgan fingerprint density at radius 2 is 1.21 bits per heavy atom. The monoisotopic (exact) mass is 504 g/mol. The van der Waals surface area contributed by atoms with Gasteiger partial charge in [-0.2, -0.15) is 0 Å². The Bertz CT molecular complexity index is 1670. The topological polar surface area (TPSA) is 95.0 Å². The number of rotatable bonds is 4. The highest BCUT2D eigenvalue weighted by molar-refractivity contribution is 6.42. The predicted octanol–water partition coefficient (Wildman–Crippen LogP) is 5.37. The van der Waals surface area contributed by atoms with Gasteiger partial charge in [-0.15, -0.1) is 0 Å². The number of anilines is 2. The van der Waals surface area contributed by atoms with Crippen molar-refractivity contribution >= 4 is 45.8 Å². The Morgan fingerprint density at radius 3 is 1.71 bits per heavy atom. The van der Waals surface area contributed by atoms with Crippen LogP contribution in [0.5, 0.6) is 0 Å². The second kappa shape index (κ2) is 8.46. The number of hydrogen-bond donors (Lipinski definition) is 1. The molecule has 0 spiro atoms. The number of imide groups is 2. The van der Waals surface area contributed by atoms with Crippen LogP contribution in [0.25, 0.3) is 10.8 Å².